The van der Waals surface area contributed by atoms with Crippen LogP contribution in [-0.2, 0) is 13.0 Å². The van der Waals surface area contributed by atoms with Crippen molar-refractivity contribution < 1.29 is 9.47 Å². The van der Waals surface area contributed by atoms with Crippen molar-refractivity contribution in [1.82, 2.24) is 0 Å². The van der Waals surface area contributed by atoms with Gasteiger partial charge in [-0.05, 0) is 78.2 Å². The predicted octanol–water partition coefficient (Wildman–Crippen LogP) is 7.36. The fourth-order valence-electron chi connectivity index (χ4n) is 3.96. The Bertz CT molecular complexity index is 1310. The summed E-state index contributed by atoms with van der Waals surface area (Å²) < 4.78 is 11.9. The SMILES string of the molecule is N#Cc1ccc(Oc2ccc3c(c2)CCN3Cc2ccc(Oc3ccccc3)cc2)c(Cl)c1. The maximum atomic E-state index is 8.99. The lowest BCUT2D eigenvalue weighted by molar-refractivity contribution is 0.482. The molecule has 0 saturated carbocycles. The fraction of sp³-hybridized carbons (Fsp3) is 0.107. The lowest BCUT2D eigenvalue weighted by Gasteiger charge is -2.20. The summed E-state index contributed by atoms with van der Waals surface area (Å²) in [6, 6.07) is 31.3. The Morgan fingerprint density at radius 1 is 0.818 bits per heavy atom. The van der Waals surface area contributed by atoms with Crippen molar-refractivity contribution in [2.75, 3.05) is 11.4 Å². The Balaban J connectivity index is 1.25. The summed E-state index contributed by atoms with van der Waals surface area (Å²) in [5, 5.41) is 9.42. The van der Waals surface area contributed by atoms with Gasteiger partial charge in [-0.3, -0.25) is 0 Å². The number of para-hydroxylation sites is 1. The van der Waals surface area contributed by atoms with E-state index in [9.17, 15) is 0 Å². The lowest BCUT2D eigenvalue weighted by Crippen LogP contribution is -2.19. The Hall–Kier alpha value is -3.94. The third-order valence-electron chi connectivity index (χ3n) is 5.61. The van der Waals surface area contributed by atoms with Crippen molar-refractivity contribution >= 4 is 17.3 Å². The highest BCUT2D eigenvalue weighted by Gasteiger charge is 2.20. The molecule has 0 aliphatic carbocycles. The largest absolute Gasteiger partial charge is 0.457 e. The molecule has 0 atom stereocenters. The third-order valence-corrected chi connectivity index (χ3v) is 5.90. The smallest absolute Gasteiger partial charge is 0.146 e. The zero-order valence-corrected chi connectivity index (χ0v) is 18.6. The molecule has 33 heavy (non-hydrogen) atoms. The molecule has 4 aromatic carbocycles. The number of ether oxygens (including phenoxy) is 2. The monoisotopic (exact) mass is 452 g/mol. The van der Waals surface area contributed by atoms with E-state index in [2.05, 4.69) is 35.2 Å². The van der Waals surface area contributed by atoms with Gasteiger partial charge >= 0.3 is 0 Å². The van der Waals surface area contributed by atoms with Gasteiger partial charge in [0.15, 0.2) is 0 Å². The summed E-state index contributed by atoms with van der Waals surface area (Å²) >= 11 is 6.25. The summed E-state index contributed by atoms with van der Waals surface area (Å²) in [6.07, 6.45) is 0.961. The highest BCUT2D eigenvalue weighted by atomic mass is 35.5. The number of nitriles is 1. The van der Waals surface area contributed by atoms with E-state index >= 15 is 0 Å². The molecule has 0 aromatic heterocycles. The van der Waals surface area contributed by atoms with Crippen molar-refractivity contribution in [3.05, 3.63) is 113 Å². The van der Waals surface area contributed by atoms with Crippen molar-refractivity contribution in [1.29, 1.82) is 5.26 Å². The normalized spacial score (nSPS) is 12.2. The topological polar surface area (TPSA) is 45.5 Å². The van der Waals surface area contributed by atoms with Crippen LogP contribution in [0.5, 0.6) is 23.0 Å². The van der Waals surface area contributed by atoms with Gasteiger partial charge in [-0.1, -0.05) is 41.9 Å². The van der Waals surface area contributed by atoms with E-state index in [-0.39, 0.29) is 0 Å². The molecule has 0 saturated heterocycles. The van der Waals surface area contributed by atoms with E-state index in [0.717, 1.165) is 36.8 Å². The lowest BCUT2D eigenvalue weighted by atomic mass is 10.1. The van der Waals surface area contributed by atoms with Gasteiger partial charge in [-0.2, -0.15) is 5.26 Å². The summed E-state index contributed by atoms with van der Waals surface area (Å²) in [4.78, 5) is 2.38. The molecule has 1 aliphatic heterocycles. The highest BCUT2D eigenvalue weighted by Crippen LogP contribution is 2.36. The van der Waals surface area contributed by atoms with E-state index in [1.165, 1.54) is 16.8 Å². The third kappa shape index (κ3) is 4.79. The average Bonchev–Trinajstić information content (AvgIpc) is 3.24. The molecule has 1 aliphatic rings. The molecular formula is C28H21ClN2O2. The second kappa shape index (κ2) is 9.28. The molecule has 0 bridgehead atoms. The molecule has 0 radical (unpaired) electrons. The molecule has 4 nitrogen and oxygen atoms in total. The number of hydrogen-bond acceptors (Lipinski definition) is 4. The molecule has 0 unspecified atom stereocenters. The average molecular weight is 453 g/mol. The van der Waals surface area contributed by atoms with Gasteiger partial charge in [-0.25, -0.2) is 0 Å². The Morgan fingerprint density at radius 3 is 2.33 bits per heavy atom. The maximum Gasteiger partial charge on any atom is 0.146 e. The molecular weight excluding hydrogens is 432 g/mol. The number of halogens is 1. The number of hydrogen-bond donors (Lipinski definition) is 0. The van der Waals surface area contributed by atoms with Crippen LogP contribution in [0, 0.1) is 11.3 Å². The first-order chi connectivity index (χ1) is 16.2. The first-order valence-corrected chi connectivity index (χ1v) is 11.1. The van der Waals surface area contributed by atoms with Crippen LogP contribution in [0.1, 0.15) is 16.7 Å². The number of benzene rings is 4. The zero-order chi connectivity index (χ0) is 22.6. The van der Waals surface area contributed by atoms with E-state index in [0.29, 0.717) is 16.3 Å². The summed E-state index contributed by atoms with van der Waals surface area (Å²) in [5.74, 6) is 2.95. The van der Waals surface area contributed by atoms with Crippen LogP contribution in [0.3, 0.4) is 0 Å². The second-order valence-electron chi connectivity index (χ2n) is 7.88. The van der Waals surface area contributed by atoms with Crippen LogP contribution in [0.4, 0.5) is 5.69 Å². The zero-order valence-electron chi connectivity index (χ0n) is 17.9. The second-order valence-corrected chi connectivity index (χ2v) is 8.29. The summed E-state index contributed by atoms with van der Waals surface area (Å²) in [7, 11) is 0. The first-order valence-electron chi connectivity index (χ1n) is 10.8. The van der Waals surface area contributed by atoms with Crippen LogP contribution in [0.25, 0.3) is 0 Å². The summed E-state index contributed by atoms with van der Waals surface area (Å²) in [6.45, 7) is 1.79. The highest BCUT2D eigenvalue weighted by molar-refractivity contribution is 6.32. The molecule has 0 N–H and O–H groups in total. The van der Waals surface area contributed by atoms with Crippen LogP contribution in [0.2, 0.25) is 5.02 Å². The molecule has 1 heterocycles. The fourth-order valence-corrected chi connectivity index (χ4v) is 4.18. The van der Waals surface area contributed by atoms with Crippen molar-refractivity contribution in [3.63, 3.8) is 0 Å². The molecule has 5 heteroatoms. The molecule has 5 rings (SSSR count). The Morgan fingerprint density at radius 2 is 1.58 bits per heavy atom. The van der Waals surface area contributed by atoms with E-state index < -0.39 is 0 Å². The van der Waals surface area contributed by atoms with Gasteiger partial charge in [-0.15, -0.1) is 0 Å². The van der Waals surface area contributed by atoms with E-state index in [1.807, 2.05) is 48.5 Å². The maximum absolute atomic E-state index is 8.99. The van der Waals surface area contributed by atoms with Gasteiger partial charge in [0.05, 0.1) is 16.7 Å². The molecule has 4 aromatic rings. The van der Waals surface area contributed by atoms with E-state index in [1.54, 1.807) is 18.2 Å². The van der Waals surface area contributed by atoms with Crippen molar-refractivity contribution in [2.45, 2.75) is 13.0 Å². The summed E-state index contributed by atoms with van der Waals surface area (Å²) in [5.41, 5.74) is 4.21. The standard InChI is InChI=1S/C28H21ClN2O2/c29-26-16-21(18-30)8-13-28(26)33-25-11-12-27-22(17-25)14-15-31(27)19-20-6-9-24(10-7-20)32-23-4-2-1-3-5-23/h1-13,16-17H,14-15,19H2. The van der Waals surface area contributed by atoms with Crippen LogP contribution >= 0.6 is 11.6 Å². The predicted molar refractivity (Wildman–Crippen MR) is 130 cm³/mol. The minimum Gasteiger partial charge on any atom is -0.457 e. The Kier molecular flexibility index (Phi) is 5.89. The number of rotatable bonds is 6. The van der Waals surface area contributed by atoms with Gasteiger partial charge in [0, 0.05) is 18.8 Å². The van der Waals surface area contributed by atoms with Crippen LogP contribution < -0.4 is 14.4 Å². The van der Waals surface area contributed by atoms with Gasteiger partial charge < -0.3 is 14.4 Å². The number of fused-ring (bicyclic) bond motifs is 1. The minimum absolute atomic E-state index is 0.427. The van der Waals surface area contributed by atoms with E-state index in [4.69, 9.17) is 26.3 Å². The van der Waals surface area contributed by atoms with Crippen LogP contribution in [-0.4, -0.2) is 6.54 Å². The quantitative estimate of drug-likeness (QED) is 0.306. The van der Waals surface area contributed by atoms with Gasteiger partial charge in [0.2, 0.25) is 0 Å². The molecule has 0 fully saturated rings. The van der Waals surface area contributed by atoms with Gasteiger partial charge in [0.25, 0.3) is 0 Å². The Labute approximate surface area is 198 Å². The van der Waals surface area contributed by atoms with Gasteiger partial charge in [0.1, 0.15) is 23.0 Å². The molecule has 0 amide bonds. The first kappa shape index (κ1) is 20.9. The number of anilines is 1. The molecule has 0 spiro atoms. The molecule has 162 valence electrons. The van der Waals surface area contributed by atoms with Crippen molar-refractivity contribution in [2.24, 2.45) is 0 Å². The van der Waals surface area contributed by atoms with Crippen molar-refractivity contribution in [3.8, 4) is 29.1 Å². The minimum atomic E-state index is 0.427. The van der Waals surface area contributed by atoms with Crippen LogP contribution in [0.15, 0.2) is 91.0 Å². The number of nitrogens with zero attached hydrogens (tertiary/aromatic N) is 2.